The van der Waals surface area contributed by atoms with E-state index in [1.165, 1.54) is 0 Å². The second kappa shape index (κ2) is 5.80. The lowest BCUT2D eigenvalue weighted by molar-refractivity contribution is -0.125. The predicted molar refractivity (Wildman–Crippen MR) is 76.3 cm³/mol. The maximum atomic E-state index is 12.2. The number of benzene rings is 1. The fraction of sp³-hybridized carbons (Fsp3) is 0.308. The minimum Gasteiger partial charge on any atom is -0.479 e. The van der Waals surface area contributed by atoms with Crippen molar-refractivity contribution in [1.29, 1.82) is 0 Å². The summed E-state index contributed by atoms with van der Waals surface area (Å²) in [6.45, 7) is 1.93. The van der Waals surface area contributed by atoms with Crippen LogP contribution < -0.4 is 15.0 Å². The van der Waals surface area contributed by atoms with Crippen molar-refractivity contribution in [2.75, 3.05) is 16.8 Å². The summed E-state index contributed by atoms with van der Waals surface area (Å²) >= 11 is 0. The first kappa shape index (κ1) is 14.0. The minimum atomic E-state index is -0.574. The van der Waals surface area contributed by atoms with E-state index in [1.807, 2.05) is 12.1 Å². The topological polar surface area (TPSA) is 113 Å². The van der Waals surface area contributed by atoms with Crippen LogP contribution in [0.3, 0.4) is 0 Å². The highest BCUT2D eigenvalue weighted by Gasteiger charge is 2.31. The number of anilines is 2. The number of nitrogens with zero attached hydrogens (tertiary/aromatic N) is 4. The number of H-pyrrole nitrogens is 1. The molecule has 0 aliphatic carbocycles. The summed E-state index contributed by atoms with van der Waals surface area (Å²) in [5.41, 5.74) is 0.665. The molecule has 9 nitrogen and oxygen atoms in total. The fourth-order valence-corrected chi connectivity index (χ4v) is 2.20. The van der Waals surface area contributed by atoms with Crippen LogP contribution in [-0.4, -0.2) is 45.1 Å². The van der Waals surface area contributed by atoms with Crippen LogP contribution in [0.15, 0.2) is 24.3 Å². The standard InChI is InChI=1S/C13H14N6O3/c1-8-12(21)19(9-4-2-3-5-10(9)22-8)7-6-11(20)14-13-15-17-18-16-13/h2-5,8H,6-7H2,1H3,(H2,14,15,16,17,18,20)/t8-/m1/s1. The van der Waals surface area contributed by atoms with Crippen LogP contribution in [-0.2, 0) is 9.59 Å². The summed E-state index contributed by atoms with van der Waals surface area (Å²) in [5.74, 6) is 0.261. The van der Waals surface area contributed by atoms with Gasteiger partial charge in [-0.1, -0.05) is 17.2 Å². The molecule has 1 aromatic carbocycles. The number of carbonyl (C=O) groups is 2. The van der Waals surface area contributed by atoms with E-state index in [1.54, 1.807) is 24.0 Å². The summed E-state index contributed by atoms with van der Waals surface area (Å²) in [7, 11) is 0. The molecule has 0 spiro atoms. The third kappa shape index (κ3) is 2.73. The highest BCUT2D eigenvalue weighted by atomic mass is 16.5. The van der Waals surface area contributed by atoms with Gasteiger partial charge < -0.3 is 9.64 Å². The number of fused-ring (bicyclic) bond motifs is 1. The van der Waals surface area contributed by atoms with Gasteiger partial charge in [-0.2, -0.15) is 5.21 Å². The Morgan fingerprint density at radius 1 is 1.45 bits per heavy atom. The maximum absolute atomic E-state index is 12.2. The summed E-state index contributed by atoms with van der Waals surface area (Å²) in [6, 6.07) is 7.24. The molecule has 0 saturated carbocycles. The maximum Gasteiger partial charge on any atom is 0.269 e. The van der Waals surface area contributed by atoms with Crippen LogP contribution in [0.25, 0.3) is 0 Å². The van der Waals surface area contributed by atoms with Crippen molar-refractivity contribution in [3.05, 3.63) is 24.3 Å². The molecule has 1 aliphatic rings. The van der Waals surface area contributed by atoms with Gasteiger partial charge in [0.2, 0.25) is 5.91 Å². The zero-order valence-corrected chi connectivity index (χ0v) is 11.8. The van der Waals surface area contributed by atoms with Crippen LogP contribution in [0.5, 0.6) is 5.75 Å². The second-order valence-corrected chi connectivity index (χ2v) is 4.75. The Morgan fingerprint density at radius 2 is 2.27 bits per heavy atom. The Balaban J connectivity index is 1.68. The van der Waals surface area contributed by atoms with Crippen LogP contribution in [0.2, 0.25) is 0 Å². The number of hydrogen-bond acceptors (Lipinski definition) is 6. The molecule has 2 aromatic rings. The molecule has 3 rings (SSSR count). The van der Waals surface area contributed by atoms with Gasteiger partial charge in [0.1, 0.15) is 5.75 Å². The largest absolute Gasteiger partial charge is 0.479 e. The highest BCUT2D eigenvalue weighted by molar-refractivity contribution is 6.00. The SMILES string of the molecule is C[C@H]1Oc2ccccc2N(CCC(=O)Nc2nn[nH]n2)C1=O. The Bertz CT molecular complexity index is 687. The van der Waals surface area contributed by atoms with Crippen LogP contribution >= 0.6 is 0 Å². The number of tetrazole rings is 1. The molecule has 0 fully saturated rings. The molecule has 0 bridgehead atoms. The van der Waals surface area contributed by atoms with E-state index in [9.17, 15) is 9.59 Å². The summed E-state index contributed by atoms with van der Waals surface area (Å²) in [5, 5.41) is 15.3. The molecular weight excluding hydrogens is 288 g/mol. The minimum absolute atomic E-state index is 0.104. The van der Waals surface area contributed by atoms with Gasteiger partial charge in [-0.05, 0) is 24.3 Å². The van der Waals surface area contributed by atoms with Gasteiger partial charge in [0, 0.05) is 13.0 Å². The smallest absolute Gasteiger partial charge is 0.269 e. The molecule has 1 aliphatic heterocycles. The van der Waals surface area contributed by atoms with E-state index >= 15 is 0 Å². The monoisotopic (exact) mass is 302 g/mol. The lowest BCUT2D eigenvalue weighted by atomic mass is 10.1. The van der Waals surface area contributed by atoms with Crippen LogP contribution in [0.1, 0.15) is 13.3 Å². The average molecular weight is 302 g/mol. The first-order chi connectivity index (χ1) is 10.6. The van der Waals surface area contributed by atoms with E-state index < -0.39 is 6.10 Å². The van der Waals surface area contributed by atoms with Gasteiger partial charge in [-0.3, -0.25) is 14.9 Å². The number of hydrogen-bond donors (Lipinski definition) is 2. The van der Waals surface area contributed by atoms with Gasteiger partial charge >= 0.3 is 0 Å². The van der Waals surface area contributed by atoms with E-state index in [0.717, 1.165) is 0 Å². The normalized spacial score (nSPS) is 16.9. The number of ether oxygens (including phenoxy) is 1. The number of aromatic amines is 1. The second-order valence-electron chi connectivity index (χ2n) is 4.75. The van der Waals surface area contributed by atoms with Crippen molar-refractivity contribution in [2.24, 2.45) is 0 Å². The molecule has 114 valence electrons. The summed E-state index contributed by atoms with van der Waals surface area (Å²) in [4.78, 5) is 25.7. The first-order valence-electron chi connectivity index (χ1n) is 6.75. The Hall–Kier alpha value is -2.97. The quantitative estimate of drug-likeness (QED) is 0.842. The van der Waals surface area contributed by atoms with Crippen molar-refractivity contribution in [1.82, 2.24) is 20.6 Å². The zero-order chi connectivity index (χ0) is 15.5. The number of carbonyl (C=O) groups excluding carboxylic acids is 2. The Labute approximate surface area is 125 Å². The van der Waals surface area contributed by atoms with Gasteiger partial charge in [-0.25, -0.2) is 0 Å². The average Bonchev–Trinajstić information content (AvgIpc) is 3.00. The molecule has 2 amide bonds. The fourth-order valence-electron chi connectivity index (χ4n) is 2.20. The molecular formula is C13H14N6O3. The van der Waals surface area contributed by atoms with Crippen molar-refractivity contribution in [3.8, 4) is 5.75 Å². The molecule has 0 unspecified atom stereocenters. The molecule has 2 N–H and O–H groups in total. The van der Waals surface area contributed by atoms with E-state index in [0.29, 0.717) is 11.4 Å². The Morgan fingerprint density at radius 3 is 3.05 bits per heavy atom. The molecule has 9 heteroatoms. The Kier molecular flexibility index (Phi) is 3.69. The van der Waals surface area contributed by atoms with Crippen LogP contribution in [0, 0.1) is 0 Å². The van der Waals surface area contributed by atoms with Gasteiger partial charge in [0.15, 0.2) is 6.10 Å². The number of para-hydroxylation sites is 2. The van der Waals surface area contributed by atoms with Crippen molar-refractivity contribution in [3.63, 3.8) is 0 Å². The number of nitrogens with one attached hydrogen (secondary N) is 2. The first-order valence-corrected chi connectivity index (χ1v) is 6.75. The van der Waals surface area contributed by atoms with Crippen LogP contribution in [0.4, 0.5) is 11.6 Å². The highest BCUT2D eigenvalue weighted by Crippen LogP contribution is 2.33. The zero-order valence-electron chi connectivity index (χ0n) is 11.8. The molecule has 0 saturated heterocycles. The van der Waals surface area contributed by atoms with E-state index in [-0.39, 0.29) is 30.7 Å². The lowest BCUT2D eigenvalue weighted by Gasteiger charge is -2.32. The molecule has 1 atom stereocenters. The third-order valence-corrected chi connectivity index (χ3v) is 3.23. The predicted octanol–water partition coefficient (Wildman–Crippen LogP) is 0.342. The molecule has 2 heterocycles. The summed E-state index contributed by atoms with van der Waals surface area (Å²) < 4.78 is 5.54. The third-order valence-electron chi connectivity index (χ3n) is 3.23. The molecule has 22 heavy (non-hydrogen) atoms. The van der Waals surface area contributed by atoms with Gasteiger partial charge in [0.25, 0.3) is 11.9 Å². The van der Waals surface area contributed by atoms with E-state index in [2.05, 4.69) is 25.9 Å². The summed E-state index contributed by atoms with van der Waals surface area (Å²) in [6.07, 6.45) is -0.461. The number of amides is 2. The van der Waals surface area contributed by atoms with Crippen molar-refractivity contribution in [2.45, 2.75) is 19.4 Å². The van der Waals surface area contributed by atoms with Crippen molar-refractivity contribution >= 4 is 23.5 Å². The van der Waals surface area contributed by atoms with Crippen molar-refractivity contribution < 1.29 is 14.3 Å². The molecule has 1 aromatic heterocycles. The van der Waals surface area contributed by atoms with Gasteiger partial charge in [0.05, 0.1) is 5.69 Å². The lowest BCUT2D eigenvalue weighted by Crippen LogP contribution is -2.45. The van der Waals surface area contributed by atoms with Gasteiger partial charge in [-0.15, -0.1) is 5.10 Å². The molecule has 0 radical (unpaired) electrons. The number of rotatable bonds is 4. The number of aromatic nitrogens is 4. The van der Waals surface area contributed by atoms with E-state index in [4.69, 9.17) is 4.74 Å².